The molecule has 0 saturated heterocycles. The fourth-order valence-corrected chi connectivity index (χ4v) is 2.76. The fourth-order valence-electron chi connectivity index (χ4n) is 2.76. The Hall–Kier alpha value is -2.15. The lowest BCUT2D eigenvalue weighted by atomic mass is 9.94. The molecule has 0 unspecified atom stereocenters. The van der Waals surface area contributed by atoms with Crippen molar-refractivity contribution in [1.29, 1.82) is 0 Å². The molecule has 2 aromatic carbocycles. The summed E-state index contributed by atoms with van der Waals surface area (Å²) in [5.41, 5.74) is 7.57. The van der Waals surface area contributed by atoms with E-state index in [9.17, 15) is 0 Å². The number of aryl methyl sites for hydroxylation is 2. The van der Waals surface area contributed by atoms with Crippen LogP contribution in [0.3, 0.4) is 0 Å². The summed E-state index contributed by atoms with van der Waals surface area (Å²) in [6, 6.07) is 12.9. The Morgan fingerprint density at radius 3 is 2.15 bits per heavy atom. The Balaban J connectivity index is 2.36. The topological polar surface area (TPSA) is 12.9 Å². The summed E-state index contributed by atoms with van der Waals surface area (Å²) in [6.07, 6.45) is 1.98. The van der Waals surface area contributed by atoms with Gasteiger partial charge in [0.1, 0.15) is 0 Å². The molecule has 0 aliphatic rings. The van der Waals surface area contributed by atoms with E-state index in [0.29, 0.717) is 0 Å². The number of fused-ring (bicyclic) bond motifs is 1. The molecule has 0 bridgehead atoms. The lowest BCUT2D eigenvalue weighted by Crippen LogP contribution is -1.94. The second kappa shape index (κ2) is 4.75. The molecule has 1 heterocycles. The van der Waals surface area contributed by atoms with E-state index >= 15 is 0 Å². The van der Waals surface area contributed by atoms with Crippen LogP contribution in [0.25, 0.3) is 22.0 Å². The minimum absolute atomic E-state index is 1.09. The Morgan fingerprint density at radius 1 is 0.700 bits per heavy atom. The third-order valence-electron chi connectivity index (χ3n) is 4.31. The zero-order valence-corrected chi connectivity index (χ0v) is 12.5. The van der Waals surface area contributed by atoms with Gasteiger partial charge in [-0.3, -0.25) is 4.98 Å². The maximum Gasteiger partial charge on any atom is 0.0783 e. The normalized spacial score (nSPS) is 11.0. The van der Waals surface area contributed by atoms with E-state index in [0.717, 1.165) is 5.69 Å². The molecule has 0 aliphatic heterocycles. The molecule has 0 N–H and O–H groups in total. The van der Waals surface area contributed by atoms with E-state index in [1.54, 1.807) is 0 Å². The van der Waals surface area contributed by atoms with E-state index in [2.05, 4.69) is 64.1 Å². The quantitative estimate of drug-likeness (QED) is 0.591. The molecule has 0 atom stereocenters. The second-order valence-electron chi connectivity index (χ2n) is 5.52. The standard InChI is InChI=1S/C19H19N/c1-12-9-10-17(15(4)14(12)3)19-18-8-6-5-7-16(18)13(2)11-20-19/h5-11H,1-4H3. The van der Waals surface area contributed by atoms with Crippen LogP contribution in [0, 0.1) is 27.7 Å². The molecule has 0 saturated carbocycles. The van der Waals surface area contributed by atoms with Crippen molar-refractivity contribution in [2.24, 2.45) is 0 Å². The third kappa shape index (κ3) is 1.90. The van der Waals surface area contributed by atoms with Gasteiger partial charge in [-0.25, -0.2) is 0 Å². The van der Waals surface area contributed by atoms with Gasteiger partial charge in [0.05, 0.1) is 5.69 Å². The first-order chi connectivity index (χ1) is 9.59. The number of nitrogens with zero attached hydrogens (tertiary/aromatic N) is 1. The molecule has 3 rings (SSSR count). The van der Waals surface area contributed by atoms with Crippen LogP contribution in [0.4, 0.5) is 0 Å². The Kier molecular flexibility index (Phi) is 3.06. The van der Waals surface area contributed by atoms with E-state index in [-0.39, 0.29) is 0 Å². The van der Waals surface area contributed by atoms with Crippen LogP contribution in [0.15, 0.2) is 42.6 Å². The predicted octanol–water partition coefficient (Wildman–Crippen LogP) is 5.14. The SMILES string of the molecule is Cc1ccc(-c2ncc(C)c3ccccc23)c(C)c1C. The van der Waals surface area contributed by atoms with Gasteiger partial charge in [0.15, 0.2) is 0 Å². The minimum Gasteiger partial charge on any atom is -0.255 e. The van der Waals surface area contributed by atoms with Gasteiger partial charge >= 0.3 is 0 Å². The summed E-state index contributed by atoms with van der Waals surface area (Å²) in [5, 5.41) is 2.52. The number of benzene rings is 2. The van der Waals surface area contributed by atoms with E-state index < -0.39 is 0 Å². The van der Waals surface area contributed by atoms with Crippen molar-refractivity contribution < 1.29 is 0 Å². The fraction of sp³-hybridized carbons (Fsp3) is 0.211. The van der Waals surface area contributed by atoms with E-state index in [1.165, 1.54) is 38.6 Å². The van der Waals surface area contributed by atoms with Crippen molar-refractivity contribution in [1.82, 2.24) is 4.98 Å². The lowest BCUT2D eigenvalue weighted by Gasteiger charge is -2.13. The highest BCUT2D eigenvalue weighted by atomic mass is 14.7. The number of hydrogen-bond acceptors (Lipinski definition) is 1. The lowest BCUT2D eigenvalue weighted by molar-refractivity contribution is 1.24. The average Bonchev–Trinajstić information content (AvgIpc) is 2.47. The smallest absolute Gasteiger partial charge is 0.0783 e. The summed E-state index contributed by atoms with van der Waals surface area (Å²) < 4.78 is 0. The van der Waals surface area contributed by atoms with E-state index in [1.807, 2.05) is 6.20 Å². The zero-order chi connectivity index (χ0) is 14.3. The van der Waals surface area contributed by atoms with Crippen molar-refractivity contribution in [3.05, 3.63) is 64.8 Å². The molecule has 0 fully saturated rings. The maximum atomic E-state index is 4.71. The molecule has 0 spiro atoms. The van der Waals surface area contributed by atoms with Crippen LogP contribution in [0.5, 0.6) is 0 Å². The molecule has 3 aromatic rings. The summed E-state index contributed by atoms with van der Waals surface area (Å²) >= 11 is 0. The molecule has 0 aliphatic carbocycles. The zero-order valence-electron chi connectivity index (χ0n) is 12.5. The summed E-state index contributed by atoms with van der Waals surface area (Å²) in [6.45, 7) is 8.65. The first kappa shape index (κ1) is 12.9. The largest absolute Gasteiger partial charge is 0.255 e. The number of pyridine rings is 1. The first-order valence-electron chi connectivity index (χ1n) is 7.01. The number of rotatable bonds is 1. The molecule has 0 radical (unpaired) electrons. The predicted molar refractivity (Wildman–Crippen MR) is 86.1 cm³/mol. The van der Waals surface area contributed by atoms with Gasteiger partial charge < -0.3 is 0 Å². The van der Waals surface area contributed by atoms with Crippen molar-refractivity contribution >= 4 is 10.8 Å². The van der Waals surface area contributed by atoms with Gasteiger partial charge in [-0.05, 0) is 55.3 Å². The van der Waals surface area contributed by atoms with Gasteiger partial charge in [-0.2, -0.15) is 0 Å². The van der Waals surface area contributed by atoms with Crippen LogP contribution >= 0.6 is 0 Å². The van der Waals surface area contributed by atoms with Crippen molar-refractivity contribution in [2.75, 3.05) is 0 Å². The van der Waals surface area contributed by atoms with Crippen molar-refractivity contribution in [2.45, 2.75) is 27.7 Å². The monoisotopic (exact) mass is 261 g/mol. The molecule has 1 heteroatoms. The van der Waals surface area contributed by atoms with Crippen molar-refractivity contribution in [3.8, 4) is 11.3 Å². The molecule has 0 amide bonds. The Morgan fingerprint density at radius 2 is 1.40 bits per heavy atom. The summed E-state index contributed by atoms with van der Waals surface area (Å²) in [4.78, 5) is 4.71. The van der Waals surface area contributed by atoms with Gasteiger partial charge in [0, 0.05) is 17.1 Å². The second-order valence-corrected chi connectivity index (χ2v) is 5.52. The van der Waals surface area contributed by atoms with E-state index in [4.69, 9.17) is 4.98 Å². The highest BCUT2D eigenvalue weighted by Gasteiger charge is 2.11. The van der Waals surface area contributed by atoms with Crippen LogP contribution in [-0.4, -0.2) is 4.98 Å². The molecule has 20 heavy (non-hydrogen) atoms. The van der Waals surface area contributed by atoms with Crippen LogP contribution in [0.2, 0.25) is 0 Å². The van der Waals surface area contributed by atoms with Gasteiger partial charge in [-0.15, -0.1) is 0 Å². The number of hydrogen-bond donors (Lipinski definition) is 0. The Labute approximate surface area is 120 Å². The Bertz CT molecular complexity index is 800. The summed E-state index contributed by atoms with van der Waals surface area (Å²) in [7, 11) is 0. The van der Waals surface area contributed by atoms with Crippen LogP contribution in [-0.2, 0) is 0 Å². The minimum atomic E-state index is 1.09. The molecular formula is C19H19N. The molecule has 100 valence electrons. The third-order valence-corrected chi connectivity index (χ3v) is 4.31. The highest BCUT2D eigenvalue weighted by Crippen LogP contribution is 2.32. The molecule has 1 aromatic heterocycles. The van der Waals surface area contributed by atoms with Crippen LogP contribution < -0.4 is 0 Å². The maximum absolute atomic E-state index is 4.71. The average molecular weight is 261 g/mol. The molecular weight excluding hydrogens is 242 g/mol. The van der Waals surface area contributed by atoms with Gasteiger partial charge in [-0.1, -0.05) is 36.4 Å². The highest BCUT2D eigenvalue weighted by molar-refractivity contribution is 5.97. The number of aromatic nitrogens is 1. The van der Waals surface area contributed by atoms with Gasteiger partial charge in [0.25, 0.3) is 0 Å². The van der Waals surface area contributed by atoms with Crippen molar-refractivity contribution in [3.63, 3.8) is 0 Å². The van der Waals surface area contributed by atoms with Crippen LogP contribution in [0.1, 0.15) is 22.3 Å². The van der Waals surface area contributed by atoms with Gasteiger partial charge in [0.2, 0.25) is 0 Å². The first-order valence-corrected chi connectivity index (χ1v) is 7.01. The summed E-state index contributed by atoms with van der Waals surface area (Å²) in [5.74, 6) is 0. The molecule has 1 nitrogen and oxygen atoms in total.